The molecule has 2 heterocycles. The van der Waals surface area contributed by atoms with Crippen LogP contribution in [-0.4, -0.2) is 56.0 Å². The Bertz CT molecular complexity index is 917. The summed E-state index contributed by atoms with van der Waals surface area (Å²) in [5.74, 6) is 0.898. The van der Waals surface area contributed by atoms with Crippen LogP contribution in [0.1, 0.15) is 29.8 Å². The van der Waals surface area contributed by atoms with Gasteiger partial charge in [-0.1, -0.05) is 12.1 Å². The minimum absolute atomic E-state index is 0.0505. The molecule has 2 aromatic rings. The maximum Gasteiger partial charge on any atom is 0.254 e. The fourth-order valence-electron chi connectivity index (χ4n) is 3.99. The van der Waals surface area contributed by atoms with Gasteiger partial charge >= 0.3 is 0 Å². The highest BCUT2D eigenvalue weighted by Gasteiger charge is 2.26. The molecule has 0 bridgehead atoms. The number of carbonyl (C=O) groups excluding carboxylic acids is 1. The van der Waals surface area contributed by atoms with E-state index in [0.29, 0.717) is 18.7 Å². The Kier molecular flexibility index (Phi) is 6.44. The number of ether oxygens (including phenoxy) is 2. The van der Waals surface area contributed by atoms with Gasteiger partial charge < -0.3 is 25.0 Å². The Morgan fingerprint density at radius 1 is 1.06 bits per heavy atom. The molecule has 0 aromatic heterocycles. The smallest absolute Gasteiger partial charge is 0.254 e. The first-order chi connectivity index (χ1) is 15.0. The molecule has 1 amide bonds. The summed E-state index contributed by atoms with van der Waals surface area (Å²) >= 11 is 0. The van der Waals surface area contributed by atoms with Gasteiger partial charge in [-0.05, 0) is 61.4 Å². The van der Waals surface area contributed by atoms with E-state index in [2.05, 4.69) is 16.0 Å². The number of nitrogens with zero attached hydrogens (tertiary/aromatic N) is 1. The molecule has 0 aliphatic carbocycles. The summed E-state index contributed by atoms with van der Waals surface area (Å²) in [5.41, 5.74) is 3.95. The number of rotatable bonds is 5. The highest BCUT2D eigenvalue weighted by atomic mass is 16.5. The zero-order chi connectivity index (χ0) is 21.8. The minimum atomic E-state index is -0.0931. The number of amides is 1. The number of methoxy groups -OCH3 is 1. The molecule has 7 heteroatoms. The van der Waals surface area contributed by atoms with Crippen molar-refractivity contribution in [3.8, 4) is 5.75 Å². The molecule has 1 saturated heterocycles. The highest BCUT2D eigenvalue weighted by molar-refractivity contribution is 5.94. The zero-order valence-corrected chi connectivity index (χ0v) is 18.2. The molecule has 0 spiro atoms. The Hall–Kier alpha value is -3.03. The van der Waals surface area contributed by atoms with E-state index < -0.39 is 0 Å². The summed E-state index contributed by atoms with van der Waals surface area (Å²) in [5, 5.41) is 10.2. The average molecular weight is 423 g/mol. The maximum absolute atomic E-state index is 12.8. The molecular weight excluding hydrogens is 392 g/mol. The van der Waals surface area contributed by atoms with Crippen LogP contribution in [0.25, 0.3) is 5.57 Å². The summed E-state index contributed by atoms with van der Waals surface area (Å²) in [7, 11) is 1.67. The first kappa shape index (κ1) is 21.2. The van der Waals surface area contributed by atoms with E-state index in [1.54, 1.807) is 7.11 Å². The second kappa shape index (κ2) is 9.41. The minimum Gasteiger partial charge on any atom is -0.497 e. The number of hydrogen-bond acceptors (Lipinski definition) is 6. The molecule has 3 atom stereocenters. The average Bonchev–Trinajstić information content (AvgIpc) is 2.79. The van der Waals surface area contributed by atoms with E-state index in [-0.39, 0.29) is 24.4 Å². The lowest BCUT2D eigenvalue weighted by Gasteiger charge is -2.35. The van der Waals surface area contributed by atoms with Gasteiger partial charge in [0.25, 0.3) is 5.91 Å². The number of anilines is 1. The topological polar surface area (TPSA) is 74.9 Å². The van der Waals surface area contributed by atoms with Crippen molar-refractivity contribution in [2.45, 2.75) is 32.3 Å². The standard InChI is InChI=1S/C24H30N4O3/c1-16-14-28(15-17(2)31-16)23(29)19-4-8-21(9-5-19)27-24-25-12-20(13-26-24)18-6-10-22(30-3)11-7-18/h4-12,16-17,24-27H,13-15H2,1-3H3. The van der Waals surface area contributed by atoms with Gasteiger partial charge in [-0.25, -0.2) is 0 Å². The number of carbonyl (C=O) groups is 1. The van der Waals surface area contributed by atoms with Gasteiger partial charge in [-0.15, -0.1) is 0 Å². The summed E-state index contributed by atoms with van der Waals surface area (Å²) in [4.78, 5) is 14.7. The fourth-order valence-corrected chi connectivity index (χ4v) is 3.99. The van der Waals surface area contributed by atoms with Crippen molar-refractivity contribution in [1.29, 1.82) is 0 Å². The molecule has 31 heavy (non-hydrogen) atoms. The van der Waals surface area contributed by atoms with Crippen molar-refractivity contribution in [2.75, 3.05) is 32.1 Å². The molecule has 3 unspecified atom stereocenters. The van der Waals surface area contributed by atoms with Crippen LogP contribution < -0.4 is 20.7 Å². The molecule has 0 saturated carbocycles. The van der Waals surface area contributed by atoms with Crippen LogP contribution in [0.3, 0.4) is 0 Å². The quantitative estimate of drug-likeness (QED) is 0.688. The van der Waals surface area contributed by atoms with E-state index in [1.807, 2.05) is 73.5 Å². The van der Waals surface area contributed by atoms with E-state index in [4.69, 9.17) is 9.47 Å². The molecule has 0 radical (unpaired) electrons. The number of morpholine rings is 1. The predicted molar refractivity (Wildman–Crippen MR) is 122 cm³/mol. The molecule has 2 aliphatic rings. The number of nitrogens with one attached hydrogen (secondary N) is 3. The van der Waals surface area contributed by atoms with E-state index in [0.717, 1.165) is 23.5 Å². The van der Waals surface area contributed by atoms with Crippen molar-refractivity contribution in [3.05, 3.63) is 65.9 Å². The molecule has 3 N–H and O–H groups in total. The lowest BCUT2D eigenvalue weighted by molar-refractivity contribution is -0.0586. The number of benzene rings is 2. The van der Waals surface area contributed by atoms with E-state index in [9.17, 15) is 4.79 Å². The van der Waals surface area contributed by atoms with Crippen LogP contribution in [0, 0.1) is 0 Å². The first-order valence-corrected chi connectivity index (χ1v) is 10.7. The van der Waals surface area contributed by atoms with Gasteiger partial charge in [0, 0.05) is 37.1 Å². The van der Waals surface area contributed by atoms with Crippen LogP contribution in [0.2, 0.25) is 0 Å². The van der Waals surface area contributed by atoms with Crippen molar-refractivity contribution in [1.82, 2.24) is 15.5 Å². The van der Waals surface area contributed by atoms with Crippen molar-refractivity contribution >= 4 is 17.2 Å². The third-order valence-electron chi connectivity index (χ3n) is 5.53. The fraction of sp³-hybridized carbons (Fsp3) is 0.375. The van der Waals surface area contributed by atoms with Crippen LogP contribution in [0.4, 0.5) is 5.69 Å². The summed E-state index contributed by atoms with van der Waals surface area (Å²) in [6, 6.07) is 15.6. The van der Waals surface area contributed by atoms with Crippen LogP contribution in [-0.2, 0) is 4.74 Å². The van der Waals surface area contributed by atoms with Gasteiger partial charge in [0.05, 0.1) is 19.3 Å². The second-order valence-corrected chi connectivity index (χ2v) is 8.07. The third-order valence-corrected chi connectivity index (χ3v) is 5.53. The third kappa shape index (κ3) is 5.18. The first-order valence-electron chi connectivity index (χ1n) is 10.7. The largest absolute Gasteiger partial charge is 0.497 e. The summed E-state index contributed by atoms with van der Waals surface area (Å²) in [6.07, 6.45) is 2.06. The van der Waals surface area contributed by atoms with E-state index >= 15 is 0 Å². The normalized spacial score (nSPS) is 23.5. The Morgan fingerprint density at radius 2 is 1.74 bits per heavy atom. The van der Waals surface area contributed by atoms with E-state index in [1.165, 1.54) is 5.57 Å². The Balaban J connectivity index is 1.33. The van der Waals surface area contributed by atoms with Gasteiger partial charge in [-0.3, -0.25) is 10.1 Å². The predicted octanol–water partition coefficient (Wildman–Crippen LogP) is 2.87. The van der Waals surface area contributed by atoms with Crippen LogP contribution in [0.15, 0.2) is 54.7 Å². The van der Waals surface area contributed by atoms with Crippen LogP contribution in [0.5, 0.6) is 5.75 Å². The molecule has 2 aromatic carbocycles. The highest BCUT2D eigenvalue weighted by Crippen LogP contribution is 2.20. The Morgan fingerprint density at radius 3 is 2.32 bits per heavy atom. The van der Waals surface area contributed by atoms with Gasteiger partial charge in [0.2, 0.25) is 0 Å². The second-order valence-electron chi connectivity index (χ2n) is 8.07. The van der Waals surface area contributed by atoms with Gasteiger partial charge in [-0.2, -0.15) is 0 Å². The van der Waals surface area contributed by atoms with Gasteiger partial charge in [0.1, 0.15) is 5.75 Å². The van der Waals surface area contributed by atoms with Gasteiger partial charge in [0.15, 0.2) is 6.29 Å². The summed E-state index contributed by atoms with van der Waals surface area (Å²) in [6.45, 7) is 5.99. The molecule has 7 nitrogen and oxygen atoms in total. The molecule has 1 fully saturated rings. The van der Waals surface area contributed by atoms with Crippen molar-refractivity contribution in [3.63, 3.8) is 0 Å². The molecular formula is C24H30N4O3. The monoisotopic (exact) mass is 422 g/mol. The Labute approximate surface area is 183 Å². The number of hydrogen-bond donors (Lipinski definition) is 3. The maximum atomic E-state index is 12.8. The molecule has 164 valence electrons. The van der Waals surface area contributed by atoms with Crippen molar-refractivity contribution in [2.24, 2.45) is 0 Å². The lowest BCUT2D eigenvalue weighted by Crippen LogP contribution is -2.49. The molecule has 2 aliphatic heterocycles. The van der Waals surface area contributed by atoms with Crippen LogP contribution >= 0.6 is 0 Å². The SMILES string of the molecule is COc1ccc(C2=CNC(Nc3ccc(C(=O)N4CC(C)OC(C)C4)cc3)NC2)cc1. The van der Waals surface area contributed by atoms with Crippen molar-refractivity contribution < 1.29 is 14.3 Å². The summed E-state index contributed by atoms with van der Waals surface area (Å²) < 4.78 is 10.9. The zero-order valence-electron chi connectivity index (χ0n) is 18.2. The lowest BCUT2D eigenvalue weighted by atomic mass is 10.1. The molecule has 4 rings (SSSR count).